The van der Waals surface area contributed by atoms with Crippen molar-refractivity contribution in [2.24, 2.45) is 5.92 Å². The number of hydrogen-bond donors (Lipinski definition) is 0. The van der Waals surface area contributed by atoms with Gasteiger partial charge < -0.3 is 4.74 Å². The first-order valence-electron chi connectivity index (χ1n) is 5.89. The maximum Gasteiger partial charge on any atom is 0.429 e. The molecule has 0 aromatic heterocycles. The summed E-state index contributed by atoms with van der Waals surface area (Å²) in [5.41, 5.74) is -0.237. The van der Waals surface area contributed by atoms with Crippen molar-refractivity contribution in [2.45, 2.75) is 31.0 Å². The van der Waals surface area contributed by atoms with Crippen LogP contribution in [0.5, 0.6) is 0 Å². The predicted octanol–water partition coefficient (Wildman–Crippen LogP) is 3.88. The Labute approximate surface area is 111 Å². The first kappa shape index (κ1) is 14.7. The Bertz CT molecular complexity index is 475. The van der Waals surface area contributed by atoms with Gasteiger partial charge in [-0.15, -0.1) is 0 Å². The van der Waals surface area contributed by atoms with Gasteiger partial charge in [0.05, 0.1) is 5.92 Å². The molecular weight excluding hydrogens is 283 g/mol. The fraction of sp³-hybridized carbons (Fsp3) is 0.462. The Balaban J connectivity index is 2.08. The molecule has 1 aliphatic carbocycles. The van der Waals surface area contributed by atoms with Crippen LogP contribution in [-0.4, -0.2) is 18.1 Å². The molecule has 0 heterocycles. The molecule has 0 unspecified atom stereocenters. The van der Waals surface area contributed by atoms with E-state index in [0.29, 0.717) is 0 Å². The van der Waals surface area contributed by atoms with Crippen LogP contribution in [0.2, 0.25) is 0 Å². The Morgan fingerprint density at radius 3 is 2.20 bits per heavy atom. The average molecular weight is 294 g/mol. The number of alkyl halides is 5. The lowest BCUT2D eigenvalue weighted by Gasteiger charge is -2.34. The highest BCUT2D eigenvalue weighted by molar-refractivity contribution is 5.74. The number of hydrogen-bond acceptors (Lipinski definition) is 2. The summed E-state index contributed by atoms with van der Waals surface area (Å²) >= 11 is 0. The number of carbonyl (C=O) groups is 1. The van der Waals surface area contributed by atoms with Crippen LogP contribution in [0.1, 0.15) is 24.5 Å². The molecule has 110 valence electrons. The molecule has 2 nitrogen and oxygen atoms in total. The van der Waals surface area contributed by atoms with Gasteiger partial charge >= 0.3 is 12.1 Å². The van der Waals surface area contributed by atoms with Crippen molar-refractivity contribution in [1.29, 1.82) is 0 Å². The second-order valence-corrected chi connectivity index (χ2v) is 4.73. The van der Waals surface area contributed by atoms with E-state index in [-0.39, 0.29) is 5.56 Å². The molecule has 1 aromatic rings. The van der Waals surface area contributed by atoms with Gasteiger partial charge in [-0.05, 0) is 0 Å². The molecule has 0 spiro atoms. The normalized spacial score (nSPS) is 20.1. The molecule has 0 saturated heterocycles. The predicted molar refractivity (Wildman–Crippen MR) is 59.0 cm³/mol. The lowest BCUT2D eigenvalue weighted by molar-refractivity contribution is -0.232. The van der Waals surface area contributed by atoms with Crippen LogP contribution in [-0.2, 0) is 9.53 Å². The third-order valence-electron chi connectivity index (χ3n) is 3.06. The van der Waals surface area contributed by atoms with Gasteiger partial charge in [0.2, 0.25) is 12.0 Å². The van der Waals surface area contributed by atoms with Crippen LogP contribution in [0.3, 0.4) is 0 Å². The highest BCUT2D eigenvalue weighted by Gasteiger charge is 2.52. The SMILES string of the molecule is O=C(O[C@@H](c1ccccc1)C(F)(F)F)C1CC(F)(F)C1. The summed E-state index contributed by atoms with van der Waals surface area (Å²) in [7, 11) is 0. The number of carbonyl (C=O) groups excluding carboxylic acids is 1. The van der Waals surface area contributed by atoms with Crippen molar-refractivity contribution in [3.63, 3.8) is 0 Å². The van der Waals surface area contributed by atoms with Crippen LogP contribution in [0.4, 0.5) is 22.0 Å². The van der Waals surface area contributed by atoms with E-state index in [4.69, 9.17) is 0 Å². The van der Waals surface area contributed by atoms with Gasteiger partial charge in [-0.25, -0.2) is 8.78 Å². The summed E-state index contributed by atoms with van der Waals surface area (Å²) in [6.07, 6.45) is -8.73. The van der Waals surface area contributed by atoms with Gasteiger partial charge in [0.25, 0.3) is 0 Å². The Hall–Kier alpha value is -1.66. The molecule has 2 rings (SSSR count). The molecule has 1 atom stereocenters. The van der Waals surface area contributed by atoms with Crippen molar-refractivity contribution in [1.82, 2.24) is 0 Å². The van der Waals surface area contributed by atoms with E-state index in [1.807, 2.05) is 0 Å². The van der Waals surface area contributed by atoms with Gasteiger partial charge in [-0.2, -0.15) is 13.2 Å². The molecular formula is C13H11F5O2. The second kappa shape index (κ2) is 5.03. The lowest BCUT2D eigenvalue weighted by Crippen LogP contribution is -2.42. The standard InChI is InChI=1S/C13H11F5O2/c14-12(15)6-9(7-12)11(19)20-10(13(16,17)18)8-4-2-1-3-5-8/h1-5,9-10H,6-7H2/t10-/m0/s1. The monoisotopic (exact) mass is 294 g/mol. The van der Waals surface area contributed by atoms with E-state index in [0.717, 1.165) is 0 Å². The van der Waals surface area contributed by atoms with Crippen molar-refractivity contribution >= 4 is 5.97 Å². The van der Waals surface area contributed by atoms with Crippen LogP contribution in [0.25, 0.3) is 0 Å². The van der Waals surface area contributed by atoms with Gasteiger partial charge in [-0.3, -0.25) is 4.79 Å². The van der Waals surface area contributed by atoms with E-state index in [2.05, 4.69) is 4.74 Å². The number of benzene rings is 1. The number of ether oxygens (including phenoxy) is 1. The van der Waals surface area contributed by atoms with Gasteiger partial charge in [0.1, 0.15) is 0 Å². The van der Waals surface area contributed by atoms with E-state index in [1.54, 1.807) is 0 Å². The minimum Gasteiger partial charge on any atom is -0.447 e. The number of esters is 1. The number of halogens is 5. The molecule has 0 bridgehead atoms. The van der Waals surface area contributed by atoms with Crippen LogP contribution < -0.4 is 0 Å². The zero-order chi connectivity index (χ0) is 15.0. The summed E-state index contributed by atoms with van der Waals surface area (Å²) in [4.78, 5) is 11.5. The quantitative estimate of drug-likeness (QED) is 0.624. The number of rotatable bonds is 3. The zero-order valence-corrected chi connectivity index (χ0v) is 10.2. The third kappa shape index (κ3) is 3.26. The Kier molecular flexibility index (Phi) is 3.71. The minimum absolute atomic E-state index is 0.237. The van der Waals surface area contributed by atoms with E-state index < -0.39 is 42.9 Å². The Morgan fingerprint density at radius 1 is 1.20 bits per heavy atom. The van der Waals surface area contributed by atoms with Crippen molar-refractivity contribution in [3.05, 3.63) is 35.9 Å². The molecule has 1 saturated carbocycles. The molecule has 1 aromatic carbocycles. The molecule has 20 heavy (non-hydrogen) atoms. The lowest BCUT2D eigenvalue weighted by atomic mass is 9.81. The molecule has 0 N–H and O–H groups in total. The van der Waals surface area contributed by atoms with Crippen LogP contribution >= 0.6 is 0 Å². The van der Waals surface area contributed by atoms with Crippen LogP contribution in [0.15, 0.2) is 30.3 Å². The van der Waals surface area contributed by atoms with Crippen molar-refractivity contribution in [3.8, 4) is 0 Å². The second-order valence-electron chi connectivity index (χ2n) is 4.73. The summed E-state index contributed by atoms with van der Waals surface area (Å²) in [5.74, 6) is -5.38. The maximum atomic E-state index is 12.9. The van der Waals surface area contributed by atoms with Crippen molar-refractivity contribution in [2.75, 3.05) is 0 Å². The Morgan fingerprint density at radius 2 is 1.75 bits per heavy atom. The largest absolute Gasteiger partial charge is 0.447 e. The van der Waals surface area contributed by atoms with Gasteiger partial charge in [0, 0.05) is 18.4 Å². The fourth-order valence-electron chi connectivity index (χ4n) is 1.99. The van der Waals surface area contributed by atoms with E-state index in [9.17, 15) is 26.7 Å². The minimum atomic E-state index is -4.79. The van der Waals surface area contributed by atoms with Crippen LogP contribution in [0, 0.1) is 5.92 Å². The topological polar surface area (TPSA) is 26.3 Å². The highest BCUT2D eigenvalue weighted by atomic mass is 19.4. The maximum absolute atomic E-state index is 12.9. The first-order chi connectivity index (χ1) is 9.19. The smallest absolute Gasteiger partial charge is 0.429 e. The summed E-state index contributed by atoms with van der Waals surface area (Å²) < 4.78 is 68.3. The summed E-state index contributed by atoms with van der Waals surface area (Å²) in [6.45, 7) is 0. The summed E-state index contributed by atoms with van der Waals surface area (Å²) in [5, 5.41) is 0. The molecule has 0 radical (unpaired) electrons. The zero-order valence-electron chi connectivity index (χ0n) is 10.2. The third-order valence-corrected chi connectivity index (χ3v) is 3.06. The first-order valence-corrected chi connectivity index (χ1v) is 5.89. The van der Waals surface area contributed by atoms with E-state index >= 15 is 0 Å². The summed E-state index contributed by atoms with van der Waals surface area (Å²) in [6, 6.07) is 6.60. The molecule has 1 aliphatic rings. The highest BCUT2D eigenvalue weighted by Crippen LogP contribution is 2.44. The van der Waals surface area contributed by atoms with E-state index in [1.165, 1.54) is 30.3 Å². The fourth-order valence-corrected chi connectivity index (χ4v) is 1.99. The average Bonchev–Trinajstić information content (AvgIpc) is 2.32. The van der Waals surface area contributed by atoms with Gasteiger partial charge in [-0.1, -0.05) is 30.3 Å². The molecule has 7 heteroatoms. The molecule has 0 amide bonds. The van der Waals surface area contributed by atoms with Gasteiger partial charge in [0.15, 0.2) is 0 Å². The molecule has 0 aliphatic heterocycles. The molecule has 1 fully saturated rings. The van der Waals surface area contributed by atoms with Crippen molar-refractivity contribution < 1.29 is 31.5 Å².